The lowest BCUT2D eigenvalue weighted by atomic mass is 9.43. The van der Waals surface area contributed by atoms with Crippen LogP contribution in [0.5, 0.6) is 0 Å². The molecule has 0 aromatic carbocycles. The maximum Gasteiger partial charge on any atom is -0.0218 e. The molecule has 2 bridgehead atoms. The highest BCUT2D eigenvalue weighted by Gasteiger charge is 2.67. The summed E-state index contributed by atoms with van der Waals surface area (Å²) >= 11 is 0. The molecule has 0 N–H and O–H groups in total. The Morgan fingerprint density at radius 1 is 0.923 bits per heavy atom. The molecular formula is C13H22. The fourth-order valence-corrected chi connectivity index (χ4v) is 4.72. The Morgan fingerprint density at radius 3 is 2.08 bits per heavy atom. The summed E-state index contributed by atoms with van der Waals surface area (Å²) in [5.41, 5.74) is 2.14. The van der Waals surface area contributed by atoms with E-state index in [9.17, 15) is 0 Å². The molecule has 74 valence electrons. The standard InChI is InChI=1S/C13H22/c1-11(2)8-10-4-5-12(11,3)13(9-10)6-7-13/h10H,4-9H2,1-3H3/t10-,12+/m0/s1. The van der Waals surface area contributed by atoms with E-state index in [-0.39, 0.29) is 0 Å². The minimum absolute atomic E-state index is 0.630. The van der Waals surface area contributed by atoms with Gasteiger partial charge < -0.3 is 0 Å². The third kappa shape index (κ3) is 0.789. The first kappa shape index (κ1) is 8.32. The lowest BCUT2D eigenvalue weighted by molar-refractivity contribution is -0.118. The van der Waals surface area contributed by atoms with Gasteiger partial charge in [0, 0.05) is 0 Å². The van der Waals surface area contributed by atoms with Crippen LogP contribution in [0.25, 0.3) is 0 Å². The summed E-state index contributed by atoms with van der Waals surface area (Å²) in [5, 5.41) is 0. The molecule has 0 heterocycles. The molecule has 0 unspecified atom stereocenters. The van der Waals surface area contributed by atoms with Crippen LogP contribution in [0.2, 0.25) is 0 Å². The summed E-state index contributed by atoms with van der Waals surface area (Å²) in [7, 11) is 0. The zero-order valence-electron chi connectivity index (χ0n) is 9.32. The van der Waals surface area contributed by atoms with Crippen LogP contribution in [-0.2, 0) is 0 Å². The van der Waals surface area contributed by atoms with E-state index in [0.717, 1.165) is 11.3 Å². The first-order valence-electron chi connectivity index (χ1n) is 5.99. The molecule has 0 aliphatic heterocycles. The van der Waals surface area contributed by atoms with Gasteiger partial charge in [0.15, 0.2) is 0 Å². The average Bonchev–Trinajstić information content (AvgIpc) is 2.76. The van der Waals surface area contributed by atoms with Gasteiger partial charge in [0.1, 0.15) is 0 Å². The van der Waals surface area contributed by atoms with E-state index >= 15 is 0 Å². The topological polar surface area (TPSA) is 0 Å². The molecule has 0 aromatic rings. The van der Waals surface area contributed by atoms with Crippen LogP contribution in [0.3, 0.4) is 0 Å². The zero-order valence-corrected chi connectivity index (χ0v) is 9.32. The predicted molar refractivity (Wildman–Crippen MR) is 55.5 cm³/mol. The number of rotatable bonds is 0. The fraction of sp³-hybridized carbons (Fsp3) is 1.00. The van der Waals surface area contributed by atoms with Crippen molar-refractivity contribution in [3.63, 3.8) is 0 Å². The summed E-state index contributed by atoms with van der Waals surface area (Å²) in [6.07, 6.45) is 9.22. The monoisotopic (exact) mass is 178 g/mol. The van der Waals surface area contributed by atoms with E-state index < -0.39 is 0 Å². The van der Waals surface area contributed by atoms with Crippen molar-refractivity contribution in [1.29, 1.82) is 0 Å². The smallest absolute Gasteiger partial charge is 0.0218 e. The largest absolute Gasteiger partial charge is 0.0594 e. The molecule has 0 saturated heterocycles. The van der Waals surface area contributed by atoms with Crippen molar-refractivity contribution < 1.29 is 0 Å². The molecule has 0 amide bonds. The molecule has 0 heteroatoms. The summed E-state index contributed by atoms with van der Waals surface area (Å²) in [6, 6.07) is 0. The maximum absolute atomic E-state index is 2.59. The second-order valence-corrected chi connectivity index (χ2v) is 6.81. The molecule has 0 radical (unpaired) electrons. The summed E-state index contributed by atoms with van der Waals surface area (Å²) in [4.78, 5) is 0. The Hall–Kier alpha value is 0. The van der Waals surface area contributed by atoms with Gasteiger partial charge in [-0.15, -0.1) is 0 Å². The van der Waals surface area contributed by atoms with Crippen molar-refractivity contribution in [2.45, 2.75) is 59.3 Å². The molecule has 13 heavy (non-hydrogen) atoms. The highest BCUT2D eigenvalue weighted by molar-refractivity contribution is 5.17. The van der Waals surface area contributed by atoms with Gasteiger partial charge in [-0.05, 0) is 60.7 Å². The molecule has 1 spiro atoms. The SMILES string of the molecule is CC1(C)C[C@@H]2CC[C@@]1(C)C1(CC1)C2. The zero-order chi connectivity index (χ0) is 9.32. The Balaban J connectivity index is 2.06. The van der Waals surface area contributed by atoms with E-state index in [0.29, 0.717) is 10.8 Å². The van der Waals surface area contributed by atoms with Crippen molar-refractivity contribution in [2.75, 3.05) is 0 Å². The molecule has 4 aliphatic rings. The third-order valence-electron chi connectivity index (χ3n) is 6.05. The molecular weight excluding hydrogens is 156 g/mol. The van der Waals surface area contributed by atoms with Gasteiger partial charge in [-0.1, -0.05) is 20.8 Å². The molecule has 2 atom stereocenters. The lowest BCUT2D eigenvalue weighted by Crippen LogP contribution is -2.52. The van der Waals surface area contributed by atoms with E-state index in [2.05, 4.69) is 20.8 Å². The number of fused-ring (bicyclic) bond motifs is 2. The summed E-state index contributed by atoms with van der Waals surface area (Å²) in [5.74, 6) is 1.08. The van der Waals surface area contributed by atoms with Crippen molar-refractivity contribution in [2.24, 2.45) is 22.2 Å². The van der Waals surface area contributed by atoms with Crippen LogP contribution in [0, 0.1) is 22.2 Å². The molecule has 4 saturated carbocycles. The van der Waals surface area contributed by atoms with Crippen LogP contribution in [0.4, 0.5) is 0 Å². The van der Waals surface area contributed by atoms with Crippen LogP contribution >= 0.6 is 0 Å². The number of hydrogen-bond acceptors (Lipinski definition) is 0. The summed E-state index contributed by atoms with van der Waals surface area (Å²) in [6.45, 7) is 7.64. The van der Waals surface area contributed by atoms with E-state index in [4.69, 9.17) is 0 Å². The van der Waals surface area contributed by atoms with Crippen LogP contribution in [0.15, 0.2) is 0 Å². The predicted octanol–water partition coefficient (Wildman–Crippen LogP) is 4.00. The molecule has 0 aromatic heterocycles. The Labute approximate surface area is 82.1 Å². The van der Waals surface area contributed by atoms with Crippen LogP contribution < -0.4 is 0 Å². The Kier molecular flexibility index (Phi) is 1.27. The normalized spacial score (nSPS) is 49.6. The van der Waals surface area contributed by atoms with Gasteiger partial charge in [0.2, 0.25) is 0 Å². The van der Waals surface area contributed by atoms with Gasteiger partial charge in [-0.25, -0.2) is 0 Å². The van der Waals surface area contributed by atoms with Crippen molar-refractivity contribution >= 4 is 0 Å². The van der Waals surface area contributed by atoms with Gasteiger partial charge in [-0.2, -0.15) is 0 Å². The van der Waals surface area contributed by atoms with Gasteiger partial charge in [-0.3, -0.25) is 0 Å². The van der Waals surface area contributed by atoms with E-state index in [1.54, 1.807) is 19.3 Å². The van der Waals surface area contributed by atoms with Gasteiger partial charge in [0.25, 0.3) is 0 Å². The van der Waals surface area contributed by atoms with Crippen LogP contribution in [-0.4, -0.2) is 0 Å². The quantitative estimate of drug-likeness (QED) is 0.526. The number of hydrogen-bond donors (Lipinski definition) is 0. The molecule has 0 nitrogen and oxygen atoms in total. The highest BCUT2D eigenvalue weighted by Crippen LogP contribution is 2.76. The average molecular weight is 178 g/mol. The highest BCUT2D eigenvalue weighted by atomic mass is 14.7. The van der Waals surface area contributed by atoms with Crippen LogP contribution in [0.1, 0.15) is 59.3 Å². The first-order valence-corrected chi connectivity index (χ1v) is 5.99. The van der Waals surface area contributed by atoms with E-state index in [1.165, 1.54) is 19.3 Å². The van der Waals surface area contributed by atoms with E-state index in [1.807, 2.05) is 0 Å². The third-order valence-corrected chi connectivity index (χ3v) is 6.05. The van der Waals surface area contributed by atoms with Crippen molar-refractivity contribution in [3.8, 4) is 0 Å². The molecule has 4 fully saturated rings. The Bertz CT molecular complexity index is 237. The first-order chi connectivity index (χ1) is 5.99. The molecule has 4 rings (SSSR count). The second-order valence-electron chi connectivity index (χ2n) is 6.81. The lowest BCUT2D eigenvalue weighted by Gasteiger charge is -2.61. The summed E-state index contributed by atoms with van der Waals surface area (Å²) < 4.78 is 0. The minimum atomic E-state index is 0.630. The van der Waals surface area contributed by atoms with Gasteiger partial charge in [0.05, 0.1) is 0 Å². The fourth-order valence-electron chi connectivity index (χ4n) is 4.72. The van der Waals surface area contributed by atoms with Crippen molar-refractivity contribution in [3.05, 3.63) is 0 Å². The molecule has 4 aliphatic carbocycles. The van der Waals surface area contributed by atoms with Crippen molar-refractivity contribution in [1.82, 2.24) is 0 Å². The van der Waals surface area contributed by atoms with Gasteiger partial charge >= 0.3 is 0 Å². The maximum atomic E-state index is 2.59. The second kappa shape index (κ2) is 1.99. The minimum Gasteiger partial charge on any atom is -0.0594 e. The Morgan fingerprint density at radius 2 is 1.62 bits per heavy atom.